The maximum absolute atomic E-state index is 12.1. The van der Waals surface area contributed by atoms with E-state index in [-0.39, 0.29) is 5.78 Å². The molecule has 1 aliphatic carbocycles. The molecule has 0 saturated carbocycles. The first kappa shape index (κ1) is 12.3. The summed E-state index contributed by atoms with van der Waals surface area (Å²) in [7, 11) is 0. The molecule has 1 aliphatic rings. The van der Waals surface area contributed by atoms with Crippen molar-refractivity contribution in [2.45, 2.75) is 26.2 Å². The minimum Gasteiger partial charge on any atom is -0.317 e. The topological polar surface area (TPSA) is 34.9 Å². The van der Waals surface area contributed by atoms with Gasteiger partial charge in [0.15, 0.2) is 5.78 Å². The number of aryl methyl sites for hydroxylation is 1. The molecular weight excluding hydrogens is 260 g/mol. The number of ketones is 1. The Balaban J connectivity index is 2.04. The fourth-order valence-corrected chi connectivity index (χ4v) is 3.36. The van der Waals surface area contributed by atoms with Crippen LogP contribution >= 0.6 is 0 Å². The highest BCUT2D eigenvalue weighted by Crippen LogP contribution is 2.31. The molecule has 0 amide bonds. The van der Waals surface area contributed by atoms with Crippen molar-refractivity contribution in [3.63, 3.8) is 0 Å². The summed E-state index contributed by atoms with van der Waals surface area (Å²) in [4.78, 5) is 16.4. The summed E-state index contributed by atoms with van der Waals surface area (Å²) in [5.41, 5.74) is 4.29. The second kappa shape index (κ2) is 4.55. The highest BCUT2D eigenvalue weighted by atomic mass is 16.1. The van der Waals surface area contributed by atoms with Crippen LogP contribution in [0.3, 0.4) is 0 Å². The molecule has 0 atom stereocenters. The lowest BCUT2D eigenvalue weighted by molar-refractivity contribution is 0.0972. The van der Waals surface area contributed by atoms with Crippen molar-refractivity contribution in [1.82, 2.24) is 9.55 Å². The fraction of sp³-hybridized carbons (Fsp3) is 0.222. The number of fused-ring (bicyclic) bond motifs is 2. The number of carbonyl (C=O) groups excluding carboxylic acids is 1. The molecule has 3 aromatic rings. The standard InChI is InChI=1S/C18H16N2O/c1-12-10-14-16(6-3-7-18(14)21)20(12)17-5-2-4-13-8-9-19-11-15(13)17/h2,4-5,8-11H,3,6-7H2,1H3. The lowest BCUT2D eigenvalue weighted by atomic mass is 9.96. The van der Waals surface area contributed by atoms with Crippen molar-refractivity contribution >= 4 is 16.6 Å². The molecule has 3 heteroatoms. The summed E-state index contributed by atoms with van der Waals surface area (Å²) >= 11 is 0. The van der Waals surface area contributed by atoms with Gasteiger partial charge in [-0.3, -0.25) is 9.78 Å². The Morgan fingerprint density at radius 1 is 1.19 bits per heavy atom. The summed E-state index contributed by atoms with van der Waals surface area (Å²) in [6, 6.07) is 10.3. The molecule has 1 aromatic carbocycles. The number of rotatable bonds is 1. The van der Waals surface area contributed by atoms with E-state index < -0.39 is 0 Å². The van der Waals surface area contributed by atoms with Crippen LogP contribution in [0.2, 0.25) is 0 Å². The molecule has 2 heterocycles. The Morgan fingerprint density at radius 2 is 2.10 bits per heavy atom. The van der Waals surface area contributed by atoms with Gasteiger partial charge in [-0.25, -0.2) is 0 Å². The minimum atomic E-state index is 0.275. The molecule has 0 fully saturated rings. The van der Waals surface area contributed by atoms with Gasteiger partial charge in [-0.2, -0.15) is 0 Å². The van der Waals surface area contributed by atoms with Gasteiger partial charge in [0, 0.05) is 41.2 Å². The van der Waals surface area contributed by atoms with E-state index in [9.17, 15) is 4.79 Å². The smallest absolute Gasteiger partial charge is 0.164 e. The summed E-state index contributed by atoms with van der Waals surface area (Å²) in [5, 5.41) is 2.30. The molecule has 0 radical (unpaired) electrons. The van der Waals surface area contributed by atoms with E-state index in [4.69, 9.17) is 0 Å². The van der Waals surface area contributed by atoms with Crippen molar-refractivity contribution < 1.29 is 4.79 Å². The van der Waals surface area contributed by atoms with Crippen LogP contribution in [0, 0.1) is 6.92 Å². The summed E-state index contributed by atoms with van der Waals surface area (Å²) in [5.74, 6) is 0.275. The monoisotopic (exact) mass is 276 g/mol. The Bertz CT molecular complexity index is 856. The predicted octanol–water partition coefficient (Wildman–Crippen LogP) is 3.85. The van der Waals surface area contributed by atoms with E-state index in [1.165, 1.54) is 5.39 Å². The van der Waals surface area contributed by atoms with Crippen LogP contribution in [-0.4, -0.2) is 15.3 Å². The highest BCUT2D eigenvalue weighted by molar-refractivity contribution is 5.99. The van der Waals surface area contributed by atoms with Gasteiger partial charge >= 0.3 is 0 Å². The van der Waals surface area contributed by atoms with Crippen LogP contribution in [0.25, 0.3) is 16.5 Å². The average Bonchev–Trinajstić information content (AvgIpc) is 2.84. The molecule has 0 bridgehead atoms. The largest absolute Gasteiger partial charge is 0.317 e. The molecule has 3 nitrogen and oxygen atoms in total. The van der Waals surface area contributed by atoms with Crippen LogP contribution in [-0.2, 0) is 6.42 Å². The molecule has 4 rings (SSSR count). The Hall–Kier alpha value is -2.42. The predicted molar refractivity (Wildman–Crippen MR) is 83.1 cm³/mol. The van der Waals surface area contributed by atoms with Gasteiger partial charge in [-0.15, -0.1) is 0 Å². The SMILES string of the molecule is Cc1cc2c(n1-c1cccc3ccncc13)CCCC2=O. The van der Waals surface area contributed by atoms with Crippen LogP contribution in [0.4, 0.5) is 0 Å². The first-order chi connectivity index (χ1) is 10.3. The van der Waals surface area contributed by atoms with E-state index in [1.807, 2.05) is 24.5 Å². The first-order valence-electron chi connectivity index (χ1n) is 7.33. The number of nitrogens with zero attached hydrogens (tertiary/aromatic N) is 2. The normalized spacial score (nSPS) is 14.4. The van der Waals surface area contributed by atoms with Crippen molar-refractivity contribution in [3.05, 3.63) is 59.7 Å². The van der Waals surface area contributed by atoms with E-state index in [2.05, 4.69) is 34.7 Å². The van der Waals surface area contributed by atoms with E-state index >= 15 is 0 Å². The molecule has 0 aliphatic heterocycles. The van der Waals surface area contributed by atoms with Crippen LogP contribution in [0.15, 0.2) is 42.7 Å². The van der Waals surface area contributed by atoms with E-state index in [1.54, 1.807) is 0 Å². The van der Waals surface area contributed by atoms with Crippen molar-refractivity contribution in [2.24, 2.45) is 0 Å². The van der Waals surface area contributed by atoms with Crippen LogP contribution in [0.1, 0.15) is 34.6 Å². The first-order valence-corrected chi connectivity index (χ1v) is 7.33. The zero-order valence-electron chi connectivity index (χ0n) is 12.0. The molecule has 0 saturated heterocycles. The maximum atomic E-state index is 12.1. The van der Waals surface area contributed by atoms with Crippen molar-refractivity contribution in [1.29, 1.82) is 0 Å². The number of Topliss-reactive ketones (excluding diaryl/α,β-unsaturated/α-hetero) is 1. The molecule has 21 heavy (non-hydrogen) atoms. The number of hydrogen-bond acceptors (Lipinski definition) is 2. The third-order valence-electron chi connectivity index (χ3n) is 4.31. The van der Waals surface area contributed by atoms with E-state index in [0.29, 0.717) is 6.42 Å². The van der Waals surface area contributed by atoms with Crippen LogP contribution < -0.4 is 0 Å². The molecule has 0 N–H and O–H groups in total. The summed E-state index contributed by atoms with van der Waals surface area (Å²) < 4.78 is 2.23. The maximum Gasteiger partial charge on any atom is 0.164 e. The van der Waals surface area contributed by atoms with Gasteiger partial charge in [0.25, 0.3) is 0 Å². The summed E-state index contributed by atoms with van der Waals surface area (Å²) in [6.07, 6.45) is 6.30. The number of carbonyl (C=O) groups is 1. The second-order valence-electron chi connectivity index (χ2n) is 5.63. The number of pyridine rings is 1. The lowest BCUT2D eigenvalue weighted by Gasteiger charge is -2.17. The van der Waals surface area contributed by atoms with Gasteiger partial charge in [0.05, 0.1) is 5.69 Å². The fourth-order valence-electron chi connectivity index (χ4n) is 3.36. The molecule has 104 valence electrons. The zero-order chi connectivity index (χ0) is 14.4. The Morgan fingerprint density at radius 3 is 3.00 bits per heavy atom. The van der Waals surface area contributed by atoms with Gasteiger partial charge in [0.2, 0.25) is 0 Å². The second-order valence-corrected chi connectivity index (χ2v) is 5.63. The van der Waals surface area contributed by atoms with Crippen molar-refractivity contribution in [2.75, 3.05) is 0 Å². The average molecular weight is 276 g/mol. The quantitative estimate of drug-likeness (QED) is 0.676. The van der Waals surface area contributed by atoms with Gasteiger partial charge in [-0.05, 0) is 43.4 Å². The Kier molecular flexibility index (Phi) is 2.67. The zero-order valence-corrected chi connectivity index (χ0v) is 12.0. The minimum absolute atomic E-state index is 0.275. The third kappa shape index (κ3) is 1.81. The van der Waals surface area contributed by atoms with E-state index in [0.717, 1.165) is 40.9 Å². The van der Waals surface area contributed by atoms with Gasteiger partial charge in [0.1, 0.15) is 0 Å². The highest BCUT2D eigenvalue weighted by Gasteiger charge is 2.23. The van der Waals surface area contributed by atoms with Gasteiger partial charge < -0.3 is 4.57 Å². The molecular formula is C18H16N2O. The Labute approximate surface area is 123 Å². The summed E-state index contributed by atoms with van der Waals surface area (Å²) in [6.45, 7) is 2.07. The third-order valence-corrected chi connectivity index (χ3v) is 4.31. The molecule has 0 unspecified atom stereocenters. The van der Waals surface area contributed by atoms with Crippen molar-refractivity contribution in [3.8, 4) is 5.69 Å². The lowest BCUT2D eigenvalue weighted by Crippen LogP contribution is -2.12. The number of hydrogen-bond donors (Lipinski definition) is 0. The molecule has 0 spiro atoms. The number of benzene rings is 1. The molecule has 2 aromatic heterocycles. The number of aromatic nitrogens is 2. The van der Waals surface area contributed by atoms with Crippen LogP contribution in [0.5, 0.6) is 0 Å². The van der Waals surface area contributed by atoms with Gasteiger partial charge in [-0.1, -0.05) is 12.1 Å².